The first-order chi connectivity index (χ1) is 8.67. The standard InChI is InChI=1S/C11H21N5S2.HI/c1-12-10(13-5-6-17-4)14-7-9-8-18-11(15-9)16(2)3;/h8H,5-7H2,1-4H3,(H2,12,13,14);1H. The van der Waals surface area contributed by atoms with Crippen LogP contribution in [0.25, 0.3) is 0 Å². The Balaban J connectivity index is 0.00000324. The van der Waals surface area contributed by atoms with Crippen molar-refractivity contribution in [3.05, 3.63) is 11.1 Å². The van der Waals surface area contributed by atoms with E-state index in [1.54, 1.807) is 18.4 Å². The summed E-state index contributed by atoms with van der Waals surface area (Å²) < 4.78 is 0. The first kappa shape index (κ1) is 18.8. The van der Waals surface area contributed by atoms with Crippen LogP contribution in [0.1, 0.15) is 5.69 Å². The maximum atomic E-state index is 4.51. The van der Waals surface area contributed by atoms with Gasteiger partial charge in [-0.05, 0) is 6.26 Å². The summed E-state index contributed by atoms with van der Waals surface area (Å²) in [4.78, 5) is 10.7. The van der Waals surface area contributed by atoms with E-state index < -0.39 is 0 Å². The van der Waals surface area contributed by atoms with Crippen LogP contribution < -0.4 is 15.5 Å². The van der Waals surface area contributed by atoms with Crippen molar-refractivity contribution in [1.82, 2.24) is 15.6 Å². The van der Waals surface area contributed by atoms with E-state index in [0.717, 1.165) is 29.1 Å². The molecule has 0 aliphatic heterocycles. The Morgan fingerprint density at radius 1 is 1.47 bits per heavy atom. The van der Waals surface area contributed by atoms with Gasteiger partial charge in [-0.2, -0.15) is 11.8 Å². The van der Waals surface area contributed by atoms with Crippen molar-refractivity contribution in [2.24, 2.45) is 4.99 Å². The smallest absolute Gasteiger partial charge is 0.191 e. The lowest BCUT2D eigenvalue weighted by molar-refractivity contribution is 0.817. The SMILES string of the molecule is CN=C(NCCSC)NCc1csc(N(C)C)n1.I. The monoisotopic (exact) mass is 415 g/mol. The first-order valence-electron chi connectivity index (χ1n) is 5.72. The molecule has 1 aromatic rings. The Bertz CT molecular complexity index is 381. The number of anilines is 1. The predicted molar refractivity (Wildman–Crippen MR) is 98.4 cm³/mol. The number of aromatic nitrogens is 1. The fraction of sp³-hybridized carbons (Fsp3) is 0.636. The zero-order chi connectivity index (χ0) is 13.4. The second-order valence-electron chi connectivity index (χ2n) is 3.86. The van der Waals surface area contributed by atoms with Gasteiger partial charge in [0, 0.05) is 38.8 Å². The number of thiazole rings is 1. The highest BCUT2D eigenvalue weighted by Crippen LogP contribution is 2.17. The number of nitrogens with one attached hydrogen (secondary N) is 2. The molecule has 0 fully saturated rings. The van der Waals surface area contributed by atoms with Gasteiger partial charge in [-0.15, -0.1) is 35.3 Å². The van der Waals surface area contributed by atoms with E-state index in [4.69, 9.17) is 0 Å². The maximum Gasteiger partial charge on any atom is 0.191 e. The van der Waals surface area contributed by atoms with Gasteiger partial charge in [0.25, 0.3) is 0 Å². The number of aliphatic imine (C=N–C) groups is 1. The van der Waals surface area contributed by atoms with E-state index in [1.807, 2.05) is 30.8 Å². The lowest BCUT2D eigenvalue weighted by Crippen LogP contribution is -2.38. The average Bonchev–Trinajstić information content (AvgIpc) is 2.82. The largest absolute Gasteiger partial charge is 0.356 e. The van der Waals surface area contributed by atoms with Crippen LogP contribution in [0.5, 0.6) is 0 Å². The molecule has 0 saturated carbocycles. The minimum atomic E-state index is 0. The summed E-state index contributed by atoms with van der Waals surface area (Å²) in [6, 6.07) is 0. The maximum absolute atomic E-state index is 4.51. The molecule has 1 heterocycles. The van der Waals surface area contributed by atoms with Gasteiger partial charge in [-0.1, -0.05) is 0 Å². The van der Waals surface area contributed by atoms with Crippen molar-refractivity contribution in [2.75, 3.05) is 44.6 Å². The number of halogens is 1. The molecule has 1 aromatic heterocycles. The van der Waals surface area contributed by atoms with E-state index in [9.17, 15) is 0 Å². The number of thioether (sulfide) groups is 1. The van der Waals surface area contributed by atoms with Crippen LogP contribution in [-0.4, -0.2) is 50.6 Å². The average molecular weight is 415 g/mol. The molecule has 8 heteroatoms. The molecule has 19 heavy (non-hydrogen) atoms. The summed E-state index contributed by atoms with van der Waals surface area (Å²) >= 11 is 3.46. The minimum Gasteiger partial charge on any atom is -0.356 e. The Morgan fingerprint density at radius 3 is 2.74 bits per heavy atom. The van der Waals surface area contributed by atoms with Crippen molar-refractivity contribution in [3.8, 4) is 0 Å². The molecule has 0 unspecified atom stereocenters. The van der Waals surface area contributed by atoms with Gasteiger partial charge in [-0.25, -0.2) is 4.98 Å². The van der Waals surface area contributed by atoms with Crippen molar-refractivity contribution >= 4 is 58.2 Å². The molecule has 0 spiro atoms. The van der Waals surface area contributed by atoms with Gasteiger partial charge in [0.2, 0.25) is 0 Å². The fourth-order valence-electron chi connectivity index (χ4n) is 1.25. The van der Waals surface area contributed by atoms with Crippen LogP contribution >= 0.6 is 47.1 Å². The summed E-state index contributed by atoms with van der Waals surface area (Å²) in [5, 5.41) is 9.60. The summed E-state index contributed by atoms with van der Waals surface area (Å²) in [5.41, 5.74) is 1.04. The van der Waals surface area contributed by atoms with Crippen LogP contribution in [0.15, 0.2) is 10.4 Å². The third-order valence-corrected chi connectivity index (χ3v) is 3.85. The summed E-state index contributed by atoms with van der Waals surface area (Å²) in [5.74, 6) is 1.89. The van der Waals surface area contributed by atoms with E-state index in [2.05, 4.69) is 32.2 Å². The molecule has 0 aliphatic carbocycles. The molecule has 0 aromatic carbocycles. The van der Waals surface area contributed by atoms with Gasteiger partial charge in [0.15, 0.2) is 11.1 Å². The molecular weight excluding hydrogens is 393 g/mol. The van der Waals surface area contributed by atoms with E-state index in [-0.39, 0.29) is 24.0 Å². The zero-order valence-corrected chi connectivity index (χ0v) is 15.7. The first-order valence-corrected chi connectivity index (χ1v) is 8.00. The van der Waals surface area contributed by atoms with Crippen LogP contribution in [0.4, 0.5) is 5.13 Å². The van der Waals surface area contributed by atoms with Gasteiger partial charge in [0.1, 0.15) is 0 Å². The Labute approximate surface area is 140 Å². The van der Waals surface area contributed by atoms with Gasteiger partial charge in [0.05, 0.1) is 12.2 Å². The molecule has 0 saturated heterocycles. The highest BCUT2D eigenvalue weighted by atomic mass is 127. The molecule has 5 nitrogen and oxygen atoms in total. The predicted octanol–water partition coefficient (Wildman–Crippen LogP) is 1.86. The second-order valence-corrected chi connectivity index (χ2v) is 5.68. The number of hydrogen-bond donors (Lipinski definition) is 2. The number of guanidine groups is 1. The normalized spacial score (nSPS) is 10.8. The molecule has 0 atom stereocenters. The van der Waals surface area contributed by atoms with Gasteiger partial charge < -0.3 is 15.5 Å². The van der Waals surface area contributed by atoms with Crippen LogP contribution in [0, 0.1) is 0 Å². The Kier molecular flexibility index (Phi) is 10.4. The lowest BCUT2D eigenvalue weighted by atomic mass is 10.5. The van der Waals surface area contributed by atoms with Crippen LogP contribution in [0.2, 0.25) is 0 Å². The number of hydrogen-bond acceptors (Lipinski definition) is 5. The van der Waals surface area contributed by atoms with Crippen molar-refractivity contribution in [2.45, 2.75) is 6.54 Å². The van der Waals surface area contributed by atoms with E-state index in [1.165, 1.54) is 0 Å². The quantitative estimate of drug-likeness (QED) is 0.322. The molecule has 0 amide bonds. The Morgan fingerprint density at radius 2 is 2.21 bits per heavy atom. The third-order valence-electron chi connectivity index (χ3n) is 2.18. The lowest BCUT2D eigenvalue weighted by Gasteiger charge is -2.10. The summed E-state index contributed by atoms with van der Waals surface area (Å²) in [7, 11) is 5.78. The topological polar surface area (TPSA) is 52.6 Å². The van der Waals surface area contributed by atoms with Crippen LogP contribution in [-0.2, 0) is 6.54 Å². The molecule has 0 bridgehead atoms. The molecule has 0 radical (unpaired) electrons. The summed E-state index contributed by atoms with van der Waals surface area (Å²) in [6.07, 6.45) is 2.09. The molecular formula is C11H22IN5S2. The van der Waals surface area contributed by atoms with E-state index in [0.29, 0.717) is 6.54 Å². The van der Waals surface area contributed by atoms with Crippen molar-refractivity contribution in [1.29, 1.82) is 0 Å². The number of rotatable bonds is 6. The molecule has 110 valence electrons. The Hall–Kier alpha value is -0.220. The van der Waals surface area contributed by atoms with Crippen LogP contribution in [0.3, 0.4) is 0 Å². The highest BCUT2D eigenvalue weighted by Gasteiger charge is 2.04. The van der Waals surface area contributed by atoms with Crippen molar-refractivity contribution in [3.63, 3.8) is 0 Å². The third kappa shape index (κ3) is 7.21. The molecule has 2 N–H and O–H groups in total. The molecule has 0 aliphatic rings. The molecule has 1 rings (SSSR count). The fourth-order valence-corrected chi connectivity index (χ4v) is 2.31. The van der Waals surface area contributed by atoms with E-state index >= 15 is 0 Å². The van der Waals surface area contributed by atoms with Gasteiger partial charge in [-0.3, -0.25) is 4.99 Å². The van der Waals surface area contributed by atoms with Gasteiger partial charge >= 0.3 is 0 Å². The minimum absolute atomic E-state index is 0. The zero-order valence-electron chi connectivity index (χ0n) is 11.8. The van der Waals surface area contributed by atoms with Crippen molar-refractivity contribution < 1.29 is 0 Å². The second kappa shape index (κ2) is 10.6. The summed E-state index contributed by atoms with van der Waals surface area (Å²) in [6.45, 7) is 1.62. The highest BCUT2D eigenvalue weighted by molar-refractivity contribution is 14.0. The number of nitrogens with zero attached hydrogens (tertiary/aromatic N) is 3.